The molecule has 1 aliphatic carbocycles. The van der Waals surface area contributed by atoms with Crippen molar-refractivity contribution in [1.82, 2.24) is 5.32 Å². The van der Waals surface area contributed by atoms with Crippen molar-refractivity contribution < 1.29 is 14.0 Å². The van der Waals surface area contributed by atoms with Crippen LogP contribution < -0.4 is 5.32 Å². The van der Waals surface area contributed by atoms with Crippen molar-refractivity contribution in [3.8, 4) is 0 Å². The van der Waals surface area contributed by atoms with Crippen LogP contribution in [0.15, 0.2) is 29.4 Å². The summed E-state index contributed by atoms with van der Waals surface area (Å²) in [4.78, 5) is 17.4. The normalized spacial score (nSPS) is 22.5. The second-order valence-corrected chi connectivity index (χ2v) is 5.66. The summed E-state index contributed by atoms with van der Waals surface area (Å²) in [6, 6.07) is 6.65. The summed E-state index contributed by atoms with van der Waals surface area (Å²) in [7, 11) is 0. The van der Waals surface area contributed by atoms with Crippen LogP contribution in [0.2, 0.25) is 0 Å². The fourth-order valence-corrected chi connectivity index (χ4v) is 2.91. The van der Waals surface area contributed by atoms with E-state index in [9.17, 15) is 9.18 Å². The summed E-state index contributed by atoms with van der Waals surface area (Å²) in [5, 5.41) is 6.89. The van der Waals surface area contributed by atoms with E-state index in [4.69, 9.17) is 4.84 Å². The zero-order chi connectivity index (χ0) is 14.7. The molecule has 3 rings (SSSR count). The van der Waals surface area contributed by atoms with Gasteiger partial charge in [0.05, 0.1) is 5.71 Å². The fraction of sp³-hybridized carbons (Fsp3) is 0.500. The molecule has 1 fully saturated rings. The minimum atomic E-state index is -0.637. The summed E-state index contributed by atoms with van der Waals surface area (Å²) >= 11 is 0. The highest BCUT2D eigenvalue weighted by molar-refractivity contribution is 6.04. The number of rotatable bonds is 3. The molecule has 0 bridgehead atoms. The van der Waals surface area contributed by atoms with Gasteiger partial charge in [0.2, 0.25) is 6.10 Å². The molecule has 5 heteroatoms. The van der Waals surface area contributed by atoms with Gasteiger partial charge in [0.1, 0.15) is 5.82 Å². The summed E-state index contributed by atoms with van der Waals surface area (Å²) in [5.41, 5.74) is 0.905. The Morgan fingerprint density at radius 2 is 2.00 bits per heavy atom. The van der Waals surface area contributed by atoms with Crippen molar-refractivity contribution in [3.63, 3.8) is 0 Å². The lowest BCUT2D eigenvalue weighted by Crippen LogP contribution is -2.42. The maximum absolute atomic E-state index is 13.7. The van der Waals surface area contributed by atoms with Crippen molar-refractivity contribution in [2.24, 2.45) is 5.16 Å². The van der Waals surface area contributed by atoms with Gasteiger partial charge < -0.3 is 10.2 Å². The molecule has 1 saturated carbocycles. The van der Waals surface area contributed by atoms with Gasteiger partial charge in [-0.1, -0.05) is 42.6 Å². The number of oxime groups is 1. The van der Waals surface area contributed by atoms with Gasteiger partial charge in [0.15, 0.2) is 0 Å². The van der Waals surface area contributed by atoms with Crippen LogP contribution in [0.1, 0.15) is 44.1 Å². The quantitative estimate of drug-likeness (QED) is 0.930. The first-order valence-electron chi connectivity index (χ1n) is 7.52. The van der Waals surface area contributed by atoms with Gasteiger partial charge in [-0.05, 0) is 18.9 Å². The Balaban J connectivity index is 1.58. The van der Waals surface area contributed by atoms with E-state index in [1.165, 1.54) is 12.5 Å². The largest absolute Gasteiger partial charge is 0.382 e. The summed E-state index contributed by atoms with van der Waals surface area (Å²) in [5.74, 6) is -0.481. The minimum absolute atomic E-state index is 0.142. The van der Waals surface area contributed by atoms with E-state index < -0.39 is 6.10 Å². The third kappa shape index (κ3) is 3.23. The fourth-order valence-electron chi connectivity index (χ4n) is 2.91. The van der Waals surface area contributed by atoms with Crippen LogP contribution in [-0.2, 0) is 9.63 Å². The molecule has 1 aromatic carbocycles. The predicted molar refractivity (Wildman–Crippen MR) is 77.4 cm³/mol. The topological polar surface area (TPSA) is 50.7 Å². The van der Waals surface area contributed by atoms with E-state index in [0.717, 1.165) is 25.7 Å². The first-order valence-corrected chi connectivity index (χ1v) is 7.52. The van der Waals surface area contributed by atoms with E-state index in [0.29, 0.717) is 17.7 Å². The van der Waals surface area contributed by atoms with Gasteiger partial charge in [-0.15, -0.1) is 0 Å². The smallest absolute Gasteiger partial charge is 0.264 e. The highest BCUT2D eigenvalue weighted by atomic mass is 19.1. The van der Waals surface area contributed by atoms with Crippen molar-refractivity contribution in [2.45, 2.75) is 50.7 Å². The average molecular weight is 290 g/mol. The van der Waals surface area contributed by atoms with E-state index in [1.807, 2.05) is 0 Å². The van der Waals surface area contributed by atoms with Crippen LogP contribution in [0, 0.1) is 5.82 Å². The minimum Gasteiger partial charge on any atom is -0.382 e. The molecule has 112 valence electrons. The first kappa shape index (κ1) is 14.0. The van der Waals surface area contributed by atoms with Crippen LogP contribution in [-0.4, -0.2) is 23.8 Å². The number of carbonyl (C=O) groups excluding carboxylic acids is 1. The number of halogens is 1. The van der Waals surface area contributed by atoms with Gasteiger partial charge in [0, 0.05) is 18.0 Å². The predicted octanol–water partition coefficient (Wildman–Crippen LogP) is 2.77. The lowest BCUT2D eigenvalue weighted by atomic mass is 9.95. The molecular weight excluding hydrogens is 271 g/mol. The molecule has 1 N–H and O–H groups in total. The Kier molecular flexibility index (Phi) is 4.18. The monoisotopic (exact) mass is 290 g/mol. The molecule has 0 aromatic heterocycles. The van der Waals surface area contributed by atoms with Crippen molar-refractivity contribution >= 4 is 11.6 Å². The van der Waals surface area contributed by atoms with Gasteiger partial charge >= 0.3 is 0 Å². The lowest BCUT2D eigenvalue weighted by Gasteiger charge is -2.23. The SMILES string of the molecule is O=C(NC1CCCCC1)[C@@H]1CC(c2ccccc2F)=NO1. The number of hydrogen-bond acceptors (Lipinski definition) is 3. The van der Waals surface area contributed by atoms with Crippen LogP contribution in [0.25, 0.3) is 0 Å². The molecule has 1 amide bonds. The highest BCUT2D eigenvalue weighted by Crippen LogP contribution is 2.21. The zero-order valence-electron chi connectivity index (χ0n) is 11.8. The standard InChI is InChI=1S/C16H19FN2O2/c17-13-9-5-4-8-12(13)14-10-15(21-19-14)16(20)18-11-6-2-1-3-7-11/h4-5,8-9,11,15H,1-3,6-7,10H2,(H,18,20)/t15-/m0/s1. The first-order chi connectivity index (χ1) is 10.2. The Morgan fingerprint density at radius 1 is 1.24 bits per heavy atom. The zero-order valence-corrected chi connectivity index (χ0v) is 11.8. The molecule has 21 heavy (non-hydrogen) atoms. The second-order valence-electron chi connectivity index (χ2n) is 5.66. The van der Waals surface area contributed by atoms with Crippen molar-refractivity contribution in [3.05, 3.63) is 35.6 Å². The molecule has 4 nitrogen and oxygen atoms in total. The van der Waals surface area contributed by atoms with E-state index in [1.54, 1.807) is 18.2 Å². The average Bonchev–Trinajstić information content (AvgIpc) is 2.98. The van der Waals surface area contributed by atoms with E-state index >= 15 is 0 Å². The number of nitrogens with one attached hydrogen (secondary N) is 1. The molecule has 0 unspecified atom stereocenters. The van der Waals surface area contributed by atoms with Crippen LogP contribution in [0.3, 0.4) is 0 Å². The summed E-state index contributed by atoms with van der Waals surface area (Å²) in [6.45, 7) is 0. The molecule has 1 heterocycles. The van der Waals surface area contributed by atoms with Crippen LogP contribution in [0.5, 0.6) is 0 Å². The van der Waals surface area contributed by atoms with Gasteiger partial charge in [-0.3, -0.25) is 4.79 Å². The Morgan fingerprint density at radius 3 is 2.76 bits per heavy atom. The van der Waals surface area contributed by atoms with Crippen molar-refractivity contribution in [1.29, 1.82) is 0 Å². The van der Waals surface area contributed by atoms with Gasteiger partial charge in [-0.2, -0.15) is 0 Å². The van der Waals surface area contributed by atoms with E-state index in [-0.39, 0.29) is 17.8 Å². The molecule has 0 saturated heterocycles. The second kappa shape index (κ2) is 6.24. The lowest BCUT2D eigenvalue weighted by molar-refractivity contribution is -0.132. The maximum Gasteiger partial charge on any atom is 0.264 e. The van der Waals surface area contributed by atoms with Crippen LogP contribution >= 0.6 is 0 Å². The highest BCUT2D eigenvalue weighted by Gasteiger charge is 2.31. The summed E-state index contributed by atoms with van der Waals surface area (Å²) in [6.07, 6.45) is 5.30. The molecular formula is C16H19FN2O2. The molecule has 1 aromatic rings. The molecule has 1 atom stereocenters. The third-order valence-electron chi connectivity index (χ3n) is 4.10. The Labute approximate surface area is 123 Å². The maximum atomic E-state index is 13.7. The Bertz CT molecular complexity index is 553. The number of nitrogens with zero attached hydrogens (tertiary/aromatic N) is 1. The molecule has 1 aliphatic heterocycles. The third-order valence-corrected chi connectivity index (χ3v) is 4.10. The number of carbonyl (C=O) groups is 1. The van der Waals surface area contributed by atoms with Gasteiger partial charge in [0.25, 0.3) is 5.91 Å². The summed E-state index contributed by atoms with van der Waals surface area (Å²) < 4.78 is 13.7. The van der Waals surface area contributed by atoms with E-state index in [2.05, 4.69) is 10.5 Å². The number of benzene rings is 1. The molecule has 2 aliphatic rings. The number of hydrogen-bond donors (Lipinski definition) is 1. The van der Waals surface area contributed by atoms with Crippen LogP contribution in [0.4, 0.5) is 4.39 Å². The van der Waals surface area contributed by atoms with Gasteiger partial charge in [-0.25, -0.2) is 4.39 Å². The van der Waals surface area contributed by atoms with Crippen molar-refractivity contribution in [2.75, 3.05) is 0 Å². The Hall–Kier alpha value is -1.91. The molecule has 0 radical (unpaired) electrons. The molecule has 0 spiro atoms. The number of amides is 1.